The van der Waals surface area contributed by atoms with Gasteiger partial charge in [0.1, 0.15) is 0 Å². The molecule has 1 atom stereocenters. The summed E-state index contributed by atoms with van der Waals surface area (Å²) in [6.45, 7) is 1.72. The number of aliphatic hydroxyl groups is 1. The van der Waals surface area contributed by atoms with E-state index in [1.165, 1.54) is 0 Å². The van der Waals surface area contributed by atoms with E-state index in [2.05, 4.69) is 6.08 Å². The van der Waals surface area contributed by atoms with Gasteiger partial charge in [0.25, 0.3) is 0 Å². The van der Waals surface area contributed by atoms with Crippen LogP contribution in [0.2, 0.25) is 0 Å². The Bertz CT molecular complexity index is 293. The number of carboxylic acid groups (broad SMARTS) is 1. The van der Waals surface area contributed by atoms with E-state index in [4.69, 9.17) is 10.2 Å². The largest absolute Gasteiger partial charge is 0.481 e. The van der Waals surface area contributed by atoms with Crippen molar-refractivity contribution in [2.75, 3.05) is 11.5 Å². The Morgan fingerprint density at radius 3 is 2.61 bits per heavy atom. The fourth-order valence-corrected chi connectivity index (χ4v) is 1.78. The van der Waals surface area contributed by atoms with Crippen LogP contribution >= 0.6 is 11.8 Å². The molecule has 0 aromatic rings. The summed E-state index contributed by atoms with van der Waals surface area (Å²) in [7, 11) is 0. The molecule has 0 heterocycles. The monoisotopic (exact) mass is 270 g/mol. The lowest BCUT2D eigenvalue weighted by molar-refractivity contribution is -0.137. The number of rotatable bonds is 10. The molecule has 2 N–H and O–H groups in total. The minimum Gasteiger partial charge on any atom is -0.481 e. The van der Waals surface area contributed by atoms with Gasteiger partial charge in [-0.15, -0.1) is 0 Å². The first-order valence-electron chi connectivity index (χ1n) is 6.09. The zero-order chi connectivity index (χ0) is 13.6. The molecule has 0 aliphatic rings. The van der Waals surface area contributed by atoms with E-state index < -0.39 is 12.1 Å². The molecule has 0 aromatic heterocycles. The van der Waals surface area contributed by atoms with Gasteiger partial charge in [-0.3, -0.25) is 4.79 Å². The third kappa shape index (κ3) is 15.0. The second kappa shape index (κ2) is 12.5. The van der Waals surface area contributed by atoms with Crippen LogP contribution in [0.5, 0.6) is 0 Å². The Hall–Kier alpha value is -1.00. The zero-order valence-corrected chi connectivity index (χ0v) is 11.6. The second-order valence-corrected chi connectivity index (χ2v) is 4.92. The SMILES string of the molecule is CC(O)/C=C/C=C\CSC/C=C\CCCC(=O)O. The summed E-state index contributed by atoms with van der Waals surface area (Å²) < 4.78 is 0. The van der Waals surface area contributed by atoms with Crippen molar-refractivity contribution < 1.29 is 15.0 Å². The van der Waals surface area contributed by atoms with Crippen LogP contribution in [0.25, 0.3) is 0 Å². The average Bonchev–Trinajstić information content (AvgIpc) is 2.29. The average molecular weight is 270 g/mol. The summed E-state index contributed by atoms with van der Waals surface area (Å²) in [5.41, 5.74) is 0. The summed E-state index contributed by atoms with van der Waals surface area (Å²) in [4.78, 5) is 10.2. The van der Waals surface area contributed by atoms with E-state index in [0.717, 1.165) is 17.9 Å². The van der Waals surface area contributed by atoms with Crippen molar-refractivity contribution in [2.24, 2.45) is 0 Å². The van der Waals surface area contributed by atoms with Crippen LogP contribution in [0.3, 0.4) is 0 Å². The van der Waals surface area contributed by atoms with E-state index in [0.29, 0.717) is 6.42 Å². The molecule has 102 valence electrons. The van der Waals surface area contributed by atoms with Crippen molar-refractivity contribution in [2.45, 2.75) is 32.3 Å². The lowest BCUT2D eigenvalue weighted by Gasteiger charge is -1.92. The maximum Gasteiger partial charge on any atom is 0.303 e. The summed E-state index contributed by atoms with van der Waals surface area (Å²) in [5, 5.41) is 17.4. The minimum atomic E-state index is -0.729. The zero-order valence-electron chi connectivity index (χ0n) is 10.8. The second-order valence-electron chi connectivity index (χ2n) is 3.85. The highest BCUT2D eigenvalue weighted by Gasteiger charge is 1.92. The van der Waals surface area contributed by atoms with Crippen molar-refractivity contribution in [1.82, 2.24) is 0 Å². The molecule has 0 fully saturated rings. The Morgan fingerprint density at radius 2 is 1.94 bits per heavy atom. The van der Waals surface area contributed by atoms with E-state index in [1.807, 2.05) is 24.3 Å². The highest BCUT2D eigenvalue weighted by molar-refractivity contribution is 7.99. The van der Waals surface area contributed by atoms with Gasteiger partial charge < -0.3 is 10.2 Å². The van der Waals surface area contributed by atoms with E-state index in [9.17, 15) is 4.79 Å². The van der Waals surface area contributed by atoms with Gasteiger partial charge in [-0.2, -0.15) is 11.8 Å². The Balaban J connectivity index is 3.34. The van der Waals surface area contributed by atoms with Crippen LogP contribution < -0.4 is 0 Å². The van der Waals surface area contributed by atoms with Gasteiger partial charge in [-0.05, 0) is 19.8 Å². The predicted molar refractivity (Wildman–Crippen MR) is 77.9 cm³/mol. The quantitative estimate of drug-likeness (QED) is 0.364. The maximum atomic E-state index is 10.2. The lowest BCUT2D eigenvalue weighted by atomic mass is 10.2. The van der Waals surface area contributed by atoms with Crippen molar-refractivity contribution in [3.63, 3.8) is 0 Å². The van der Waals surface area contributed by atoms with Gasteiger partial charge in [0, 0.05) is 17.9 Å². The molecule has 0 amide bonds. The number of aliphatic hydroxyl groups excluding tert-OH is 1. The number of hydrogen-bond acceptors (Lipinski definition) is 3. The van der Waals surface area contributed by atoms with E-state index in [1.54, 1.807) is 24.8 Å². The van der Waals surface area contributed by atoms with Gasteiger partial charge in [0.2, 0.25) is 0 Å². The first-order chi connectivity index (χ1) is 8.63. The lowest BCUT2D eigenvalue weighted by Crippen LogP contribution is -1.92. The molecule has 0 spiro atoms. The van der Waals surface area contributed by atoms with Gasteiger partial charge in [-0.1, -0.05) is 36.5 Å². The number of allylic oxidation sites excluding steroid dienone is 3. The molecule has 0 aliphatic heterocycles. The van der Waals surface area contributed by atoms with Crippen LogP contribution in [0.4, 0.5) is 0 Å². The van der Waals surface area contributed by atoms with Crippen molar-refractivity contribution in [3.05, 3.63) is 36.5 Å². The van der Waals surface area contributed by atoms with Gasteiger partial charge in [0.05, 0.1) is 6.10 Å². The van der Waals surface area contributed by atoms with Crippen LogP contribution in [0, 0.1) is 0 Å². The third-order valence-corrected chi connectivity index (χ3v) is 2.85. The first kappa shape index (κ1) is 17.0. The van der Waals surface area contributed by atoms with Crippen LogP contribution in [0.1, 0.15) is 26.2 Å². The molecular formula is C14H22O3S. The predicted octanol–water partition coefficient (Wildman–Crippen LogP) is 3.02. The number of unbranched alkanes of at least 4 members (excludes halogenated alkanes) is 1. The van der Waals surface area contributed by atoms with E-state index in [-0.39, 0.29) is 6.42 Å². The van der Waals surface area contributed by atoms with Gasteiger partial charge in [0.15, 0.2) is 0 Å². The molecule has 4 heteroatoms. The van der Waals surface area contributed by atoms with Gasteiger partial charge in [-0.25, -0.2) is 0 Å². The molecule has 0 aliphatic carbocycles. The number of hydrogen-bond donors (Lipinski definition) is 2. The smallest absolute Gasteiger partial charge is 0.303 e. The summed E-state index contributed by atoms with van der Waals surface area (Å²) in [5.74, 6) is 1.15. The van der Waals surface area contributed by atoms with Crippen LogP contribution in [0.15, 0.2) is 36.5 Å². The summed E-state index contributed by atoms with van der Waals surface area (Å²) in [6, 6.07) is 0. The first-order valence-corrected chi connectivity index (χ1v) is 7.24. The Labute approximate surface area is 113 Å². The molecular weight excluding hydrogens is 248 g/mol. The standard InChI is InChI=1S/C14H22O3S/c1-13(15)9-5-4-8-12-18-11-7-3-2-6-10-14(16)17/h3-5,7-9,13,15H,2,6,10-12H2,1H3,(H,16,17)/b7-3-,8-4-,9-5+. The maximum absolute atomic E-state index is 10.2. The molecule has 0 rings (SSSR count). The highest BCUT2D eigenvalue weighted by Crippen LogP contribution is 2.03. The fourth-order valence-electron chi connectivity index (χ4n) is 1.12. The molecule has 0 saturated heterocycles. The number of carbonyl (C=O) groups is 1. The molecule has 0 aromatic carbocycles. The topological polar surface area (TPSA) is 57.5 Å². The molecule has 18 heavy (non-hydrogen) atoms. The summed E-state index contributed by atoms with van der Waals surface area (Å²) >= 11 is 1.79. The van der Waals surface area contributed by atoms with Gasteiger partial charge >= 0.3 is 5.97 Å². The number of aliphatic carboxylic acids is 1. The molecule has 1 unspecified atom stereocenters. The van der Waals surface area contributed by atoms with Crippen molar-refractivity contribution in [3.8, 4) is 0 Å². The third-order valence-electron chi connectivity index (χ3n) is 1.99. The summed E-state index contributed by atoms with van der Waals surface area (Å²) in [6.07, 6.45) is 13.0. The Kier molecular flexibility index (Phi) is 11.8. The van der Waals surface area contributed by atoms with Crippen LogP contribution in [-0.2, 0) is 4.79 Å². The van der Waals surface area contributed by atoms with Crippen molar-refractivity contribution >= 4 is 17.7 Å². The normalized spacial score (nSPS) is 13.9. The number of carboxylic acids is 1. The minimum absolute atomic E-state index is 0.246. The molecule has 3 nitrogen and oxygen atoms in total. The Morgan fingerprint density at radius 1 is 1.22 bits per heavy atom. The highest BCUT2D eigenvalue weighted by atomic mass is 32.2. The molecule has 0 bridgehead atoms. The molecule has 0 saturated carbocycles. The molecule has 0 radical (unpaired) electrons. The number of thioether (sulfide) groups is 1. The van der Waals surface area contributed by atoms with E-state index >= 15 is 0 Å². The fraction of sp³-hybridized carbons (Fsp3) is 0.500. The van der Waals surface area contributed by atoms with Crippen LogP contribution in [-0.4, -0.2) is 33.8 Å². The van der Waals surface area contributed by atoms with Crippen molar-refractivity contribution in [1.29, 1.82) is 0 Å².